The summed E-state index contributed by atoms with van der Waals surface area (Å²) in [6, 6.07) is 19.9. The van der Waals surface area contributed by atoms with Crippen molar-refractivity contribution < 1.29 is 9.59 Å². The Morgan fingerprint density at radius 1 is 1.16 bits per heavy atom. The number of hydrogen-bond donors (Lipinski definition) is 2. The van der Waals surface area contributed by atoms with E-state index in [0.717, 1.165) is 51.8 Å². The van der Waals surface area contributed by atoms with E-state index in [1.54, 1.807) is 0 Å². The van der Waals surface area contributed by atoms with Crippen LogP contribution in [0.3, 0.4) is 0 Å². The van der Waals surface area contributed by atoms with Crippen molar-refractivity contribution in [2.75, 3.05) is 16.8 Å². The van der Waals surface area contributed by atoms with E-state index < -0.39 is 0 Å². The fraction of sp³-hybridized carbons (Fsp3) is 0.208. The topological polar surface area (TPSA) is 73.8 Å². The van der Waals surface area contributed by atoms with Gasteiger partial charge in [0.2, 0.25) is 0 Å². The minimum Gasteiger partial charge on any atom is -0.307 e. The molecule has 1 atom stereocenters. The van der Waals surface area contributed by atoms with Crippen LogP contribution in [0.15, 0.2) is 65.8 Å². The summed E-state index contributed by atoms with van der Waals surface area (Å²) in [5.41, 5.74) is 7.23. The third-order valence-electron chi connectivity index (χ3n) is 5.71. The molecule has 0 radical (unpaired) electrons. The third kappa shape index (κ3) is 3.77. The maximum absolute atomic E-state index is 13.2. The molecule has 5 rings (SSSR count). The van der Waals surface area contributed by atoms with E-state index in [0.29, 0.717) is 6.54 Å². The number of fused-ring (bicyclic) bond motifs is 2. The van der Waals surface area contributed by atoms with E-state index in [1.165, 1.54) is 11.8 Å². The molecule has 7 heteroatoms. The summed E-state index contributed by atoms with van der Waals surface area (Å²) in [7, 11) is 0. The average molecular weight is 431 g/mol. The first kappa shape index (κ1) is 19.6. The lowest BCUT2D eigenvalue weighted by Gasteiger charge is -2.30. The molecule has 156 valence electrons. The molecule has 31 heavy (non-hydrogen) atoms. The van der Waals surface area contributed by atoms with Gasteiger partial charge in [0.25, 0.3) is 5.24 Å². The summed E-state index contributed by atoms with van der Waals surface area (Å²) in [5, 5.41) is 9.32. The Morgan fingerprint density at radius 2 is 2.00 bits per heavy atom. The molecule has 0 saturated heterocycles. The molecule has 2 aliphatic rings. The van der Waals surface area contributed by atoms with Crippen LogP contribution in [0.2, 0.25) is 0 Å². The Bertz CT molecular complexity index is 1220. The predicted molar refractivity (Wildman–Crippen MR) is 127 cm³/mol. The molecule has 0 spiro atoms. The van der Waals surface area contributed by atoms with Crippen molar-refractivity contribution in [3.8, 4) is 0 Å². The van der Waals surface area contributed by atoms with Crippen LogP contribution in [-0.2, 0) is 6.42 Å². The number of anilines is 2. The first-order chi connectivity index (χ1) is 15.1. The molecule has 0 aromatic heterocycles. The molecule has 0 fully saturated rings. The summed E-state index contributed by atoms with van der Waals surface area (Å²) in [5.74, 6) is 0. The smallest absolute Gasteiger partial charge is 0.307 e. The largest absolute Gasteiger partial charge is 0.326 e. The van der Waals surface area contributed by atoms with Crippen molar-refractivity contribution in [3.05, 3.63) is 71.8 Å². The van der Waals surface area contributed by atoms with Gasteiger partial charge in [-0.15, -0.1) is 0 Å². The number of benzene rings is 3. The van der Waals surface area contributed by atoms with Gasteiger partial charge in [0.15, 0.2) is 0 Å². The lowest BCUT2D eigenvalue weighted by molar-refractivity contribution is 0.256. The predicted octanol–water partition coefficient (Wildman–Crippen LogP) is 5.37. The summed E-state index contributed by atoms with van der Waals surface area (Å²) in [4.78, 5) is 26.5. The number of nitrogens with one attached hydrogen (secondary N) is 2. The number of urea groups is 1. The summed E-state index contributed by atoms with van der Waals surface area (Å²) in [6.07, 6.45) is 1.80. The number of aryl methyl sites for hydroxylation is 1. The molecule has 6 nitrogen and oxygen atoms in total. The van der Waals surface area contributed by atoms with Gasteiger partial charge in [-0.05, 0) is 54.5 Å². The van der Waals surface area contributed by atoms with Gasteiger partial charge in [-0.2, -0.15) is 5.10 Å². The highest BCUT2D eigenvalue weighted by atomic mass is 32.2. The molecule has 0 saturated carbocycles. The Balaban J connectivity index is 1.42. The van der Waals surface area contributed by atoms with E-state index in [1.807, 2.05) is 66.4 Å². The van der Waals surface area contributed by atoms with Gasteiger partial charge >= 0.3 is 6.03 Å². The van der Waals surface area contributed by atoms with Crippen LogP contribution in [0.5, 0.6) is 0 Å². The minimum atomic E-state index is -0.134. The van der Waals surface area contributed by atoms with Crippen LogP contribution in [0.25, 0.3) is 10.8 Å². The second-order valence-corrected chi connectivity index (χ2v) is 9.03. The number of amides is 3. The van der Waals surface area contributed by atoms with E-state index >= 15 is 0 Å². The first-order valence-electron chi connectivity index (χ1n) is 10.3. The Labute approximate surface area is 184 Å². The van der Waals surface area contributed by atoms with Crippen LogP contribution in [0.1, 0.15) is 24.5 Å². The fourth-order valence-corrected chi connectivity index (χ4v) is 4.94. The number of carbonyl (C=O) groups excluding carboxylic acids is 2. The molecule has 2 N–H and O–H groups in total. The number of hydrazone groups is 1. The van der Waals surface area contributed by atoms with Gasteiger partial charge in [-0.1, -0.05) is 54.2 Å². The molecule has 0 bridgehead atoms. The van der Waals surface area contributed by atoms with Crippen LogP contribution >= 0.6 is 11.8 Å². The maximum atomic E-state index is 13.2. The summed E-state index contributed by atoms with van der Waals surface area (Å²) in [6.45, 7) is 2.65. The van der Waals surface area contributed by atoms with Crippen LogP contribution in [0, 0.1) is 0 Å². The molecule has 2 aliphatic heterocycles. The normalized spacial score (nSPS) is 18.2. The van der Waals surface area contributed by atoms with Crippen LogP contribution < -0.4 is 15.6 Å². The van der Waals surface area contributed by atoms with Crippen molar-refractivity contribution in [2.24, 2.45) is 5.10 Å². The Morgan fingerprint density at radius 3 is 2.87 bits per heavy atom. The average Bonchev–Trinajstić information content (AvgIpc) is 2.78. The number of nitrogens with zero attached hydrogens (tertiary/aromatic N) is 2. The van der Waals surface area contributed by atoms with Crippen LogP contribution in [-0.4, -0.2) is 28.8 Å². The minimum absolute atomic E-state index is 0.0128. The Kier molecular flexibility index (Phi) is 5.11. The highest BCUT2D eigenvalue weighted by Gasteiger charge is 2.26. The monoisotopic (exact) mass is 430 g/mol. The van der Waals surface area contributed by atoms with Gasteiger partial charge in [0, 0.05) is 17.6 Å². The van der Waals surface area contributed by atoms with Crippen LogP contribution in [0.4, 0.5) is 21.0 Å². The zero-order chi connectivity index (χ0) is 21.4. The van der Waals surface area contributed by atoms with E-state index in [-0.39, 0.29) is 16.5 Å². The Hall–Kier alpha value is -3.32. The lowest BCUT2D eigenvalue weighted by atomic mass is 9.97. The molecule has 3 aromatic carbocycles. The second-order valence-electron chi connectivity index (χ2n) is 7.71. The van der Waals surface area contributed by atoms with Crippen molar-refractivity contribution in [2.45, 2.75) is 25.0 Å². The van der Waals surface area contributed by atoms with E-state index in [2.05, 4.69) is 21.9 Å². The standard InChI is InChI=1S/C24H22N4O2S/c1-15-22(26-27-24(30)31-15)18-11-12-21-17(14-18)8-5-13-28(21)23(29)25-20-10-4-7-16-6-2-3-9-19(16)20/h2-4,6-7,9-12,14-15H,5,8,13H2,1H3,(H,25,29)(H,27,30). The number of hydrogen-bond acceptors (Lipinski definition) is 4. The second kappa shape index (κ2) is 8.07. The number of carbonyl (C=O) groups is 2. The molecule has 3 amide bonds. The number of rotatable bonds is 2. The van der Waals surface area contributed by atoms with Gasteiger partial charge in [-0.3, -0.25) is 9.69 Å². The fourth-order valence-electron chi connectivity index (χ4n) is 4.22. The SMILES string of the molecule is CC1SC(=O)NN=C1c1ccc2c(c1)CCCN2C(=O)Nc1cccc2ccccc12. The molecule has 1 unspecified atom stereocenters. The van der Waals surface area contributed by atoms with Crippen molar-refractivity contribution >= 4 is 50.9 Å². The zero-order valence-corrected chi connectivity index (χ0v) is 17.9. The van der Waals surface area contributed by atoms with Gasteiger partial charge in [-0.25, -0.2) is 10.2 Å². The molecular formula is C24H22N4O2S. The van der Waals surface area contributed by atoms with Crippen molar-refractivity contribution in [1.29, 1.82) is 0 Å². The highest BCUT2D eigenvalue weighted by Crippen LogP contribution is 2.31. The zero-order valence-electron chi connectivity index (χ0n) is 17.1. The quantitative estimate of drug-likeness (QED) is 0.574. The van der Waals surface area contributed by atoms with E-state index in [9.17, 15) is 9.59 Å². The van der Waals surface area contributed by atoms with Gasteiger partial charge in [0.05, 0.1) is 16.6 Å². The van der Waals surface area contributed by atoms with Gasteiger partial charge < -0.3 is 5.32 Å². The maximum Gasteiger partial charge on any atom is 0.326 e. The molecule has 3 aromatic rings. The third-order valence-corrected chi connectivity index (χ3v) is 6.59. The lowest BCUT2D eigenvalue weighted by Crippen LogP contribution is -2.39. The summed E-state index contributed by atoms with van der Waals surface area (Å²) >= 11 is 1.23. The van der Waals surface area contributed by atoms with Gasteiger partial charge in [0.1, 0.15) is 0 Å². The number of thioether (sulfide) groups is 1. The van der Waals surface area contributed by atoms with Crippen molar-refractivity contribution in [3.63, 3.8) is 0 Å². The molecular weight excluding hydrogens is 408 g/mol. The molecule has 0 aliphatic carbocycles. The highest BCUT2D eigenvalue weighted by molar-refractivity contribution is 8.14. The van der Waals surface area contributed by atoms with Crippen molar-refractivity contribution in [1.82, 2.24) is 5.43 Å². The summed E-state index contributed by atoms with van der Waals surface area (Å²) < 4.78 is 0. The molecule has 2 heterocycles. The van der Waals surface area contributed by atoms with E-state index in [4.69, 9.17) is 0 Å². The first-order valence-corrected chi connectivity index (χ1v) is 11.2.